The Morgan fingerprint density at radius 2 is 2.00 bits per heavy atom. The third-order valence-electron chi connectivity index (χ3n) is 2.53. The monoisotopic (exact) mass is 314 g/mol. The SMILES string of the molecule is NS(=O)(=O)c1ccc(CNC(=O)c2[nH]ncc2Cl)cc1. The molecule has 0 atom stereocenters. The number of nitrogens with one attached hydrogen (secondary N) is 2. The van der Waals surface area contributed by atoms with Gasteiger partial charge in [-0.25, -0.2) is 13.6 Å². The second kappa shape index (κ2) is 5.61. The maximum Gasteiger partial charge on any atom is 0.271 e. The number of rotatable bonds is 4. The van der Waals surface area contributed by atoms with Gasteiger partial charge in [0, 0.05) is 6.54 Å². The lowest BCUT2D eigenvalue weighted by molar-refractivity contribution is 0.0946. The van der Waals surface area contributed by atoms with Crippen LogP contribution in [-0.4, -0.2) is 24.5 Å². The van der Waals surface area contributed by atoms with E-state index >= 15 is 0 Å². The van der Waals surface area contributed by atoms with E-state index < -0.39 is 15.9 Å². The van der Waals surface area contributed by atoms with Crippen LogP contribution in [-0.2, 0) is 16.6 Å². The van der Waals surface area contributed by atoms with Crippen molar-refractivity contribution in [1.82, 2.24) is 15.5 Å². The Balaban J connectivity index is 2.02. The number of H-pyrrole nitrogens is 1. The summed E-state index contributed by atoms with van der Waals surface area (Å²) in [6, 6.07) is 5.88. The van der Waals surface area contributed by atoms with Gasteiger partial charge in [0.15, 0.2) is 0 Å². The molecule has 9 heteroatoms. The number of aromatic amines is 1. The molecule has 2 aromatic rings. The van der Waals surface area contributed by atoms with Crippen LogP contribution in [0.25, 0.3) is 0 Å². The van der Waals surface area contributed by atoms with Gasteiger partial charge in [-0.15, -0.1) is 0 Å². The molecule has 0 saturated carbocycles. The molecule has 0 bridgehead atoms. The molecule has 0 aliphatic carbocycles. The minimum absolute atomic E-state index is 0.0178. The van der Waals surface area contributed by atoms with Crippen LogP contribution >= 0.6 is 11.6 Å². The Morgan fingerprint density at radius 1 is 1.35 bits per heavy atom. The minimum atomic E-state index is -3.71. The molecule has 0 saturated heterocycles. The van der Waals surface area contributed by atoms with E-state index in [1.54, 1.807) is 12.1 Å². The topological polar surface area (TPSA) is 118 Å². The largest absolute Gasteiger partial charge is 0.347 e. The summed E-state index contributed by atoms with van der Waals surface area (Å²) in [4.78, 5) is 11.8. The number of nitrogens with two attached hydrogens (primary N) is 1. The number of sulfonamides is 1. The highest BCUT2D eigenvalue weighted by molar-refractivity contribution is 7.89. The number of primary sulfonamides is 1. The summed E-state index contributed by atoms with van der Waals surface area (Å²) >= 11 is 5.75. The van der Waals surface area contributed by atoms with Crippen LogP contribution in [0.5, 0.6) is 0 Å². The number of hydrogen-bond donors (Lipinski definition) is 3. The van der Waals surface area contributed by atoms with Crippen LogP contribution in [0, 0.1) is 0 Å². The van der Waals surface area contributed by atoms with Gasteiger partial charge in [0.1, 0.15) is 5.69 Å². The average molecular weight is 315 g/mol. The van der Waals surface area contributed by atoms with Gasteiger partial charge < -0.3 is 5.32 Å². The summed E-state index contributed by atoms with van der Waals surface area (Å²) in [5.41, 5.74) is 0.897. The van der Waals surface area contributed by atoms with Gasteiger partial charge >= 0.3 is 0 Å². The lowest BCUT2D eigenvalue weighted by Crippen LogP contribution is -2.23. The molecule has 4 N–H and O–H groups in total. The third kappa shape index (κ3) is 3.35. The van der Waals surface area contributed by atoms with Gasteiger partial charge in [-0.05, 0) is 17.7 Å². The van der Waals surface area contributed by atoms with Gasteiger partial charge in [-0.3, -0.25) is 9.89 Å². The zero-order valence-electron chi connectivity index (χ0n) is 10.1. The van der Waals surface area contributed by atoms with E-state index in [9.17, 15) is 13.2 Å². The van der Waals surface area contributed by atoms with Crippen LogP contribution in [0.4, 0.5) is 0 Å². The fourth-order valence-electron chi connectivity index (χ4n) is 1.50. The van der Waals surface area contributed by atoms with E-state index in [1.165, 1.54) is 18.3 Å². The molecule has 2 rings (SSSR count). The number of halogens is 1. The van der Waals surface area contributed by atoms with Crippen LogP contribution in [0.2, 0.25) is 5.02 Å². The first-order chi connectivity index (χ1) is 9.38. The Kier molecular flexibility index (Phi) is 4.07. The first-order valence-corrected chi connectivity index (χ1v) is 7.39. The van der Waals surface area contributed by atoms with Crippen LogP contribution in [0.1, 0.15) is 16.1 Å². The molecule has 20 heavy (non-hydrogen) atoms. The minimum Gasteiger partial charge on any atom is -0.347 e. The molecule has 1 aromatic carbocycles. The molecule has 0 unspecified atom stereocenters. The summed E-state index contributed by atoms with van der Waals surface area (Å²) in [5.74, 6) is -0.400. The van der Waals surface area contributed by atoms with Crippen LogP contribution in [0.3, 0.4) is 0 Å². The number of hydrogen-bond acceptors (Lipinski definition) is 4. The maximum absolute atomic E-state index is 11.7. The normalized spacial score (nSPS) is 11.3. The van der Waals surface area contributed by atoms with E-state index in [4.69, 9.17) is 16.7 Å². The summed E-state index contributed by atoms with van der Waals surface area (Å²) < 4.78 is 22.2. The number of benzene rings is 1. The van der Waals surface area contributed by atoms with Gasteiger partial charge in [-0.1, -0.05) is 23.7 Å². The molecule has 1 aromatic heterocycles. The van der Waals surface area contributed by atoms with E-state index in [1.807, 2.05) is 0 Å². The zero-order chi connectivity index (χ0) is 14.8. The molecule has 7 nitrogen and oxygen atoms in total. The number of carbonyl (C=O) groups excluding carboxylic acids is 1. The van der Waals surface area contributed by atoms with Crippen molar-refractivity contribution >= 4 is 27.5 Å². The highest BCUT2D eigenvalue weighted by atomic mass is 35.5. The van der Waals surface area contributed by atoms with Crippen molar-refractivity contribution in [2.75, 3.05) is 0 Å². The van der Waals surface area contributed by atoms with Gasteiger partial charge in [0.25, 0.3) is 5.91 Å². The van der Waals surface area contributed by atoms with Gasteiger partial charge in [0.2, 0.25) is 10.0 Å². The van der Waals surface area contributed by atoms with Crippen molar-refractivity contribution in [3.8, 4) is 0 Å². The van der Waals surface area contributed by atoms with E-state index in [2.05, 4.69) is 15.5 Å². The first kappa shape index (κ1) is 14.5. The summed E-state index contributed by atoms with van der Waals surface area (Å²) in [6.07, 6.45) is 1.33. The lowest BCUT2D eigenvalue weighted by Gasteiger charge is -2.05. The number of aromatic nitrogens is 2. The molecule has 0 aliphatic rings. The predicted molar refractivity (Wildman–Crippen MR) is 72.6 cm³/mol. The Labute approximate surface area is 120 Å². The van der Waals surface area contributed by atoms with Crippen LogP contribution in [0.15, 0.2) is 35.4 Å². The summed E-state index contributed by atoms with van der Waals surface area (Å²) in [7, 11) is -3.71. The Hall–Kier alpha value is -1.90. The second-order valence-corrected chi connectivity index (χ2v) is 5.93. The molecule has 1 heterocycles. The molecule has 1 amide bonds. The molecule has 0 radical (unpaired) electrons. The van der Waals surface area contributed by atoms with Gasteiger partial charge in [-0.2, -0.15) is 5.10 Å². The summed E-state index contributed by atoms with van der Waals surface area (Å²) in [5, 5.41) is 14.0. The lowest BCUT2D eigenvalue weighted by atomic mass is 10.2. The van der Waals surface area contributed by atoms with Crippen molar-refractivity contribution in [2.45, 2.75) is 11.4 Å². The van der Waals surface area contributed by atoms with Crippen molar-refractivity contribution < 1.29 is 13.2 Å². The first-order valence-electron chi connectivity index (χ1n) is 5.47. The molecular formula is C11H11ClN4O3S. The van der Waals surface area contributed by atoms with E-state index in [0.29, 0.717) is 0 Å². The van der Waals surface area contributed by atoms with Crippen molar-refractivity contribution in [1.29, 1.82) is 0 Å². The van der Waals surface area contributed by atoms with Crippen molar-refractivity contribution in [3.05, 3.63) is 46.7 Å². The van der Waals surface area contributed by atoms with Crippen molar-refractivity contribution in [3.63, 3.8) is 0 Å². The standard InChI is InChI=1S/C11H11ClN4O3S/c12-9-6-15-16-10(9)11(17)14-5-7-1-3-8(4-2-7)20(13,18)19/h1-4,6H,5H2,(H,14,17)(H,15,16)(H2,13,18,19). The Bertz CT molecular complexity index is 724. The maximum atomic E-state index is 11.7. The quantitative estimate of drug-likeness (QED) is 0.767. The van der Waals surface area contributed by atoms with Crippen molar-refractivity contribution in [2.24, 2.45) is 5.14 Å². The average Bonchev–Trinajstić information content (AvgIpc) is 2.82. The number of nitrogens with zero attached hydrogens (tertiary/aromatic N) is 1. The number of carbonyl (C=O) groups is 1. The van der Waals surface area contributed by atoms with E-state index in [-0.39, 0.29) is 22.2 Å². The Morgan fingerprint density at radius 3 is 2.50 bits per heavy atom. The molecular weight excluding hydrogens is 304 g/mol. The second-order valence-electron chi connectivity index (χ2n) is 3.96. The zero-order valence-corrected chi connectivity index (χ0v) is 11.7. The smallest absolute Gasteiger partial charge is 0.271 e. The fourth-order valence-corrected chi connectivity index (χ4v) is 2.19. The highest BCUT2D eigenvalue weighted by Gasteiger charge is 2.12. The number of amides is 1. The highest BCUT2D eigenvalue weighted by Crippen LogP contribution is 2.12. The summed E-state index contributed by atoms with van der Waals surface area (Å²) in [6.45, 7) is 0.221. The third-order valence-corrected chi connectivity index (χ3v) is 3.74. The van der Waals surface area contributed by atoms with Gasteiger partial charge in [0.05, 0.1) is 16.1 Å². The van der Waals surface area contributed by atoms with Crippen LogP contribution < -0.4 is 10.5 Å². The predicted octanol–water partition coefficient (Wildman–Crippen LogP) is 0.640. The van der Waals surface area contributed by atoms with E-state index in [0.717, 1.165) is 5.56 Å². The molecule has 0 fully saturated rings. The molecule has 0 aliphatic heterocycles. The fraction of sp³-hybridized carbons (Fsp3) is 0.0909. The molecule has 0 spiro atoms. The molecule has 106 valence electrons.